The van der Waals surface area contributed by atoms with E-state index in [2.05, 4.69) is 5.32 Å². The van der Waals surface area contributed by atoms with Crippen molar-refractivity contribution < 1.29 is 9.53 Å². The van der Waals surface area contributed by atoms with Crippen molar-refractivity contribution in [1.29, 1.82) is 0 Å². The van der Waals surface area contributed by atoms with Crippen molar-refractivity contribution >= 4 is 5.91 Å². The van der Waals surface area contributed by atoms with Gasteiger partial charge in [-0.15, -0.1) is 0 Å². The minimum absolute atomic E-state index is 0.112. The smallest absolute Gasteiger partial charge is 0.253 e. The summed E-state index contributed by atoms with van der Waals surface area (Å²) in [5.74, 6) is 1.04. The van der Waals surface area contributed by atoms with Gasteiger partial charge in [-0.05, 0) is 49.6 Å². The van der Waals surface area contributed by atoms with Gasteiger partial charge in [0.15, 0.2) is 0 Å². The molecule has 1 N–H and O–H groups in total. The molecule has 2 aliphatic rings. The number of ether oxygens (including phenoxy) is 1. The van der Waals surface area contributed by atoms with Crippen LogP contribution < -0.4 is 10.1 Å². The summed E-state index contributed by atoms with van der Waals surface area (Å²) in [6.07, 6.45) is 5.77. The lowest BCUT2D eigenvalue weighted by Crippen LogP contribution is -2.38. The molecule has 0 radical (unpaired) electrons. The second kappa shape index (κ2) is 6.48. The highest BCUT2D eigenvalue weighted by molar-refractivity contribution is 5.94. The van der Waals surface area contributed by atoms with Gasteiger partial charge in [-0.3, -0.25) is 4.79 Å². The molecule has 114 valence electrons. The minimum Gasteiger partial charge on any atom is -0.493 e. The molecular formula is C17H24N2O2. The highest BCUT2D eigenvalue weighted by Gasteiger charge is 2.19. The van der Waals surface area contributed by atoms with E-state index >= 15 is 0 Å². The zero-order valence-corrected chi connectivity index (χ0v) is 12.7. The summed E-state index contributed by atoms with van der Waals surface area (Å²) in [5, 5.41) is 3.53. The predicted molar refractivity (Wildman–Crippen MR) is 82.9 cm³/mol. The van der Waals surface area contributed by atoms with Crippen LogP contribution in [0.1, 0.15) is 41.6 Å². The van der Waals surface area contributed by atoms with Crippen molar-refractivity contribution in [2.24, 2.45) is 0 Å². The average Bonchev–Trinajstić information content (AvgIpc) is 3.00. The summed E-state index contributed by atoms with van der Waals surface area (Å²) < 4.78 is 5.49. The number of hydrogen-bond donors (Lipinski definition) is 1. The van der Waals surface area contributed by atoms with Crippen molar-refractivity contribution in [3.8, 4) is 5.75 Å². The largest absolute Gasteiger partial charge is 0.493 e. The molecule has 0 bridgehead atoms. The van der Waals surface area contributed by atoms with Crippen LogP contribution in [0.25, 0.3) is 0 Å². The van der Waals surface area contributed by atoms with Gasteiger partial charge in [0.2, 0.25) is 0 Å². The molecule has 1 aromatic rings. The van der Waals surface area contributed by atoms with Gasteiger partial charge in [0.05, 0.1) is 6.61 Å². The van der Waals surface area contributed by atoms with Gasteiger partial charge in [0.1, 0.15) is 5.75 Å². The Morgan fingerprint density at radius 3 is 3.14 bits per heavy atom. The number of fused-ring (bicyclic) bond motifs is 1. The molecule has 1 saturated heterocycles. The Morgan fingerprint density at radius 2 is 2.33 bits per heavy atom. The summed E-state index contributed by atoms with van der Waals surface area (Å²) >= 11 is 0. The van der Waals surface area contributed by atoms with Crippen molar-refractivity contribution in [1.82, 2.24) is 10.2 Å². The van der Waals surface area contributed by atoms with Crippen LogP contribution in [0.15, 0.2) is 18.2 Å². The number of piperidine rings is 1. The number of nitrogens with zero attached hydrogens (tertiary/aromatic N) is 1. The molecule has 4 nitrogen and oxygen atoms in total. The third-order valence-corrected chi connectivity index (χ3v) is 4.51. The van der Waals surface area contributed by atoms with Crippen molar-refractivity contribution in [2.75, 3.05) is 26.7 Å². The summed E-state index contributed by atoms with van der Waals surface area (Å²) in [6.45, 7) is 2.66. The van der Waals surface area contributed by atoms with E-state index in [1.54, 1.807) is 0 Å². The Hall–Kier alpha value is -1.55. The number of nitrogens with one attached hydrogen (secondary N) is 1. The van der Waals surface area contributed by atoms with Crippen LogP contribution >= 0.6 is 0 Å². The SMILES string of the molecule is CN(CCC1CCCCN1)C(=O)c1ccc2c(c1)CCO2. The van der Waals surface area contributed by atoms with E-state index in [-0.39, 0.29) is 5.91 Å². The Morgan fingerprint density at radius 1 is 1.43 bits per heavy atom. The molecule has 2 aliphatic heterocycles. The number of amides is 1. The molecule has 4 heteroatoms. The molecule has 1 amide bonds. The van der Waals surface area contributed by atoms with Gasteiger partial charge < -0.3 is 15.0 Å². The van der Waals surface area contributed by atoms with Gasteiger partial charge in [-0.2, -0.15) is 0 Å². The topological polar surface area (TPSA) is 41.6 Å². The van der Waals surface area contributed by atoms with Crippen molar-refractivity contribution in [3.05, 3.63) is 29.3 Å². The molecule has 0 aliphatic carbocycles. The van der Waals surface area contributed by atoms with E-state index in [0.717, 1.165) is 49.4 Å². The summed E-state index contributed by atoms with van der Waals surface area (Å²) in [5.41, 5.74) is 1.93. The highest BCUT2D eigenvalue weighted by Crippen LogP contribution is 2.26. The summed E-state index contributed by atoms with van der Waals surface area (Å²) in [4.78, 5) is 14.3. The van der Waals surface area contributed by atoms with Gasteiger partial charge in [0, 0.05) is 31.6 Å². The average molecular weight is 288 g/mol. The maximum absolute atomic E-state index is 12.5. The molecule has 1 fully saturated rings. The highest BCUT2D eigenvalue weighted by atomic mass is 16.5. The maximum atomic E-state index is 12.5. The number of hydrogen-bond acceptors (Lipinski definition) is 3. The third kappa shape index (κ3) is 3.38. The zero-order chi connectivity index (χ0) is 14.7. The molecule has 0 aromatic heterocycles. The molecule has 1 atom stereocenters. The maximum Gasteiger partial charge on any atom is 0.253 e. The van der Waals surface area contributed by atoms with E-state index in [1.807, 2.05) is 30.1 Å². The molecule has 2 heterocycles. The minimum atomic E-state index is 0.112. The molecule has 3 rings (SSSR count). The molecule has 21 heavy (non-hydrogen) atoms. The second-order valence-corrected chi connectivity index (χ2v) is 6.08. The van der Waals surface area contributed by atoms with Crippen LogP contribution in [0.2, 0.25) is 0 Å². The van der Waals surface area contributed by atoms with Gasteiger partial charge in [-0.25, -0.2) is 0 Å². The monoisotopic (exact) mass is 288 g/mol. The molecular weight excluding hydrogens is 264 g/mol. The number of carbonyl (C=O) groups excluding carboxylic acids is 1. The molecule has 1 aromatic carbocycles. The Labute approximate surface area is 126 Å². The first-order valence-corrected chi connectivity index (χ1v) is 7.98. The molecule has 0 saturated carbocycles. The summed E-state index contributed by atoms with van der Waals surface area (Å²) in [7, 11) is 1.90. The number of benzene rings is 1. The van der Waals surface area contributed by atoms with Gasteiger partial charge >= 0.3 is 0 Å². The normalized spacial score (nSPS) is 20.7. The van der Waals surface area contributed by atoms with Gasteiger partial charge in [-0.1, -0.05) is 6.42 Å². The first kappa shape index (κ1) is 14.4. The fraction of sp³-hybridized carbons (Fsp3) is 0.588. The predicted octanol–water partition coefficient (Wildman–Crippen LogP) is 2.23. The van der Waals surface area contributed by atoms with Gasteiger partial charge in [0.25, 0.3) is 5.91 Å². The Kier molecular flexibility index (Phi) is 4.44. The van der Waals surface area contributed by atoms with Crippen LogP contribution in [0.3, 0.4) is 0 Å². The fourth-order valence-corrected chi connectivity index (χ4v) is 3.16. The number of carbonyl (C=O) groups is 1. The Bertz CT molecular complexity index is 510. The zero-order valence-electron chi connectivity index (χ0n) is 12.7. The lowest BCUT2D eigenvalue weighted by Gasteiger charge is -2.26. The van der Waals surface area contributed by atoms with E-state index in [1.165, 1.54) is 19.3 Å². The summed E-state index contributed by atoms with van der Waals surface area (Å²) in [6, 6.07) is 6.36. The second-order valence-electron chi connectivity index (χ2n) is 6.08. The molecule has 1 unspecified atom stereocenters. The van der Waals surface area contributed by atoms with E-state index < -0.39 is 0 Å². The van der Waals surface area contributed by atoms with Crippen LogP contribution in [0.5, 0.6) is 5.75 Å². The Balaban J connectivity index is 1.56. The lowest BCUT2D eigenvalue weighted by molar-refractivity contribution is 0.0788. The lowest BCUT2D eigenvalue weighted by atomic mass is 10.0. The van der Waals surface area contributed by atoms with E-state index in [4.69, 9.17) is 4.74 Å². The first-order chi connectivity index (χ1) is 10.2. The first-order valence-electron chi connectivity index (χ1n) is 7.98. The third-order valence-electron chi connectivity index (χ3n) is 4.51. The van der Waals surface area contributed by atoms with E-state index in [9.17, 15) is 4.79 Å². The van der Waals surface area contributed by atoms with Crippen molar-refractivity contribution in [3.63, 3.8) is 0 Å². The van der Waals surface area contributed by atoms with Crippen LogP contribution in [0, 0.1) is 0 Å². The standard InChI is InChI=1S/C17H24N2O2/c1-19(10-7-15-4-2-3-9-18-15)17(20)14-5-6-16-13(12-14)8-11-21-16/h5-6,12,15,18H,2-4,7-11H2,1H3. The quantitative estimate of drug-likeness (QED) is 0.923. The van der Waals surface area contributed by atoms with Crippen LogP contribution in [0.4, 0.5) is 0 Å². The van der Waals surface area contributed by atoms with Crippen LogP contribution in [-0.2, 0) is 6.42 Å². The molecule has 0 spiro atoms. The van der Waals surface area contributed by atoms with E-state index in [0.29, 0.717) is 6.04 Å². The van der Waals surface area contributed by atoms with Crippen LogP contribution in [-0.4, -0.2) is 43.6 Å². The number of rotatable bonds is 4. The fourth-order valence-electron chi connectivity index (χ4n) is 3.16. The van der Waals surface area contributed by atoms with Crippen molar-refractivity contribution in [2.45, 2.75) is 38.1 Å².